The molecule has 0 aromatic heterocycles. The molecule has 13 heavy (non-hydrogen) atoms. The van der Waals surface area contributed by atoms with Gasteiger partial charge in [-0.25, -0.2) is 0 Å². The molecule has 0 aliphatic heterocycles. The summed E-state index contributed by atoms with van der Waals surface area (Å²) in [5.74, 6) is 0. The van der Waals surface area contributed by atoms with Gasteiger partial charge < -0.3 is 5.73 Å². The van der Waals surface area contributed by atoms with E-state index in [0.29, 0.717) is 0 Å². The normalized spacial score (nSPS) is 19.2. The molecule has 0 radical (unpaired) electrons. The zero-order valence-corrected chi connectivity index (χ0v) is 7.96. The summed E-state index contributed by atoms with van der Waals surface area (Å²) in [6.45, 7) is 2.10. The Bertz CT molecular complexity index is 335. The van der Waals surface area contributed by atoms with Crippen LogP contribution < -0.4 is 5.73 Å². The van der Waals surface area contributed by atoms with Crippen LogP contribution >= 0.6 is 0 Å². The summed E-state index contributed by atoms with van der Waals surface area (Å²) in [5, 5.41) is 0. The van der Waals surface area contributed by atoms with Crippen LogP contribution in [-0.4, -0.2) is 5.54 Å². The Kier molecular flexibility index (Phi) is 1.97. The standard InChI is InChI=1S/C12H15N/c1-10-3-2-4-11(9-10)5-6-12(13)7-8-12/h2-6,9H,7-8,13H2,1H3/b6-5+. The van der Waals surface area contributed by atoms with Gasteiger partial charge in [0.2, 0.25) is 0 Å². The lowest BCUT2D eigenvalue weighted by atomic mass is 10.1. The van der Waals surface area contributed by atoms with E-state index < -0.39 is 0 Å². The Labute approximate surface area is 79.3 Å². The van der Waals surface area contributed by atoms with Gasteiger partial charge in [0.05, 0.1) is 0 Å². The highest BCUT2D eigenvalue weighted by Gasteiger charge is 2.34. The molecular formula is C12H15N. The Morgan fingerprint density at radius 2 is 2.15 bits per heavy atom. The average Bonchev–Trinajstić information content (AvgIpc) is 2.82. The van der Waals surface area contributed by atoms with E-state index in [1.807, 2.05) is 0 Å². The van der Waals surface area contributed by atoms with Crippen molar-refractivity contribution in [3.05, 3.63) is 41.5 Å². The molecule has 0 spiro atoms. The predicted molar refractivity (Wildman–Crippen MR) is 56.4 cm³/mol. The lowest BCUT2D eigenvalue weighted by Gasteiger charge is -1.99. The minimum atomic E-state index is 0.0176. The van der Waals surface area contributed by atoms with E-state index in [4.69, 9.17) is 5.73 Å². The number of rotatable bonds is 2. The van der Waals surface area contributed by atoms with Crippen molar-refractivity contribution in [2.24, 2.45) is 5.73 Å². The van der Waals surface area contributed by atoms with Crippen LogP contribution in [0.4, 0.5) is 0 Å². The summed E-state index contributed by atoms with van der Waals surface area (Å²) in [4.78, 5) is 0. The third-order valence-corrected chi connectivity index (χ3v) is 2.48. The molecule has 1 aromatic carbocycles. The van der Waals surface area contributed by atoms with Gasteiger partial charge in [-0.05, 0) is 25.3 Å². The molecule has 0 bridgehead atoms. The zero-order valence-electron chi connectivity index (χ0n) is 7.96. The molecule has 1 heteroatoms. The average molecular weight is 173 g/mol. The molecular weight excluding hydrogens is 158 g/mol. The van der Waals surface area contributed by atoms with Crippen molar-refractivity contribution in [1.82, 2.24) is 0 Å². The van der Waals surface area contributed by atoms with Crippen molar-refractivity contribution in [2.75, 3.05) is 0 Å². The predicted octanol–water partition coefficient (Wildman–Crippen LogP) is 2.50. The smallest absolute Gasteiger partial charge is 0.0343 e. The largest absolute Gasteiger partial charge is 0.322 e. The third-order valence-electron chi connectivity index (χ3n) is 2.48. The van der Waals surface area contributed by atoms with Gasteiger partial charge in [0.1, 0.15) is 0 Å². The minimum absolute atomic E-state index is 0.0176. The minimum Gasteiger partial charge on any atom is -0.322 e. The Morgan fingerprint density at radius 1 is 1.38 bits per heavy atom. The summed E-state index contributed by atoms with van der Waals surface area (Å²) in [6.07, 6.45) is 6.52. The van der Waals surface area contributed by atoms with Gasteiger partial charge in [-0.1, -0.05) is 42.0 Å². The lowest BCUT2D eigenvalue weighted by molar-refractivity contribution is 0.860. The molecule has 1 nitrogen and oxygen atoms in total. The maximum atomic E-state index is 5.95. The molecule has 2 N–H and O–H groups in total. The first kappa shape index (κ1) is 8.52. The molecule has 1 aliphatic rings. The second-order valence-electron chi connectivity index (χ2n) is 3.98. The first-order chi connectivity index (χ1) is 6.18. The van der Waals surface area contributed by atoms with Crippen LogP contribution in [0.1, 0.15) is 24.0 Å². The number of hydrogen-bond donors (Lipinski definition) is 1. The van der Waals surface area contributed by atoms with Crippen LogP contribution in [0.15, 0.2) is 30.3 Å². The molecule has 0 amide bonds. The van der Waals surface area contributed by atoms with Gasteiger partial charge in [-0.2, -0.15) is 0 Å². The number of aryl methyl sites for hydroxylation is 1. The maximum absolute atomic E-state index is 5.95. The van der Waals surface area contributed by atoms with E-state index in [0.717, 1.165) is 12.8 Å². The molecule has 2 rings (SSSR count). The summed E-state index contributed by atoms with van der Waals surface area (Å²) in [5.41, 5.74) is 8.51. The van der Waals surface area contributed by atoms with Gasteiger partial charge >= 0.3 is 0 Å². The second-order valence-corrected chi connectivity index (χ2v) is 3.98. The molecule has 1 aliphatic carbocycles. The van der Waals surface area contributed by atoms with Crippen LogP contribution in [0.25, 0.3) is 6.08 Å². The highest BCUT2D eigenvalue weighted by Crippen LogP contribution is 2.33. The lowest BCUT2D eigenvalue weighted by Crippen LogP contribution is -2.17. The quantitative estimate of drug-likeness (QED) is 0.730. The molecule has 1 fully saturated rings. The Balaban J connectivity index is 2.13. The molecule has 0 unspecified atom stereocenters. The maximum Gasteiger partial charge on any atom is 0.0343 e. The second kappa shape index (κ2) is 3.00. The number of benzene rings is 1. The van der Waals surface area contributed by atoms with Gasteiger partial charge in [-0.3, -0.25) is 0 Å². The van der Waals surface area contributed by atoms with E-state index in [9.17, 15) is 0 Å². The summed E-state index contributed by atoms with van der Waals surface area (Å²) in [6, 6.07) is 8.45. The monoisotopic (exact) mass is 173 g/mol. The van der Waals surface area contributed by atoms with E-state index >= 15 is 0 Å². The van der Waals surface area contributed by atoms with Gasteiger partial charge in [0.15, 0.2) is 0 Å². The first-order valence-electron chi connectivity index (χ1n) is 4.73. The van der Waals surface area contributed by atoms with Crippen LogP contribution in [-0.2, 0) is 0 Å². The molecule has 0 atom stereocenters. The summed E-state index contributed by atoms with van der Waals surface area (Å²) >= 11 is 0. The summed E-state index contributed by atoms with van der Waals surface area (Å²) < 4.78 is 0. The van der Waals surface area contributed by atoms with Gasteiger partial charge in [0, 0.05) is 5.54 Å². The molecule has 1 saturated carbocycles. The zero-order chi connectivity index (χ0) is 9.31. The van der Waals surface area contributed by atoms with Crippen molar-refractivity contribution in [3.63, 3.8) is 0 Å². The highest BCUT2D eigenvalue weighted by molar-refractivity contribution is 5.52. The van der Waals surface area contributed by atoms with Crippen molar-refractivity contribution >= 4 is 6.08 Å². The highest BCUT2D eigenvalue weighted by atomic mass is 14.8. The fourth-order valence-corrected chi connectivity index (χ4v) is 1.35. The molecule has 0 saturated heterocycles. The molecule has 0 heterocycles. The number of nitrogens with two attached hydrogens (primary N) is 1. The first-order valence-corrected chi connectivity index (χ1v) is 4.73. The number of hydrogen-bond acceptors (Lipinski definition) is 1. The van der Waals surface area contributed by atoms with E-state index in [1.54, 1.807) is 0 Å². The van der Waals surface area contributed by atoms with E-state index in [-0.39, 0.29) is 5.54 Å². The molecule has 1 aromatic rings. The fraction of sp³-hybridized carbons (Fsp3) is 0.333. The van der Waals surface area contributed by atoms with Crippen molar-refractivity contribution in [3.8, 4) is 0 Å². The van der Waals surface area contributed by atoms with Gasteiger partial charge in [-0.15, -0.1) is 0 Å². The SMILES string of the molecule is Cc1cccc(/C=C/C2(N)CC2)c1. The third kappa shape index (κ3) is 2.19. The van der Waals surface area contributed by atoms with Crippen molar-refractivity contribution in [1.29, 1.82) is 0 Å². The van der Waals surface area contributed by atoms with Crippen molar-refractivity contribution < 1.29 is 0 Å². The van der Waals surface area contributed by atoms with E-state index in [1.165, 1.54) is 11.1 Å². The summed E-state index contributed by atoms with van der Waals surface area (Å²) in [7, 11) is 0. The Hall–Kier alpha value is -1.08. The van der Waals surface area contributed by atoms with E-state index in [2.05, 4.69) is 43.3 Å². The van der Waals surface area contributed by atoms with Crippen LogP contribution in [0.3, 0.4) is 0 Å². The van der Waals surface area contributed by atoms with Gasteiger partial charge in [0.25, 0.3) is 0 Å². The Morgan fingerprint density at radius 3 is 2.77 bits per heavy atom. The fourth-order valence-electron chi connectivity index (χ4n) is 1.35. The van der Waals surface area contributed by atoms with Crippen molar-refractivity contribution in [2.45, 2.75) is 25.3 Å². The topological polar surface area (TPSA) is 26.0 Å². The van der Waals surface area contributed by atoms with Crippen LogP contribution in [0, 0.1) is 6.92 Å². The van der Waals surface area contributed by atoms with Crippen LogP contribution in [0.5, 0.6) is 0 Å². The molecule has 68 valence electrons. The van der Waals surface area contributed by atoms with Crippen LogP contribution in [0.2, 0.25) is 0 Å².